The van der Waals surface area contributed by atoms with Crippen molar-refractivity contribution in [3.8, 4) is 0 Å². The number of likely N-dealkylation sites (N-methyl/N-ethyl adjacent to an activating group) is 1. The minimum atomic E-state index is 0.115. The van der Waals surface area contributed by atoms with Gasteiger partial charge in [-0.15, -0.1) is 0 Å². The molecule has 66 valence electrons. The van der Waals surface area contributed by atoms with E-state index in [1.165, 1.54) is 0 Å². The minimum absolute atomic E-state index is 0.115. The lowest BCUT2D eigenvalue weighted by Crippen LogP contribution is -2.31. The topological polar surface area (TPSA) is 20.3 Å². The van der Waals surface area contributed by atoms with Crippen LogP contribution in [0.2, 0.25) is 0 Å². The molecule has 2 rings (SSSR count). The van der Waals surface area contributed by atoms with Gasteiger partial charge in [-0.1, -0.05) is 30.8 Å². The second-order valence-electron chi connectivity index (χ2n) is 3.23. The first kappa shape index (κ1) is 8.05. The molecule has 2 nitrogen and oxygen atoms in total. The van der Waals surface area contributed by atoms with Crippen molar-refractivity contribution in [3.05, 3.63) is 42.0 Å². The Balaban J connectivity index is 2.55. The molecule has 0 radical (unpaired) electrons. The molecule has 0 saturated heterocycles. The van der Waals surface area contributed by atoms with E-state index in [-0.39, 0.29) is 5.91 Å². The van der Waals surface area contributed by atoms with Gasteiger partial charge in [-0.05, 0) is 5.56 Å². The molecule has 1 aliphatic rings. The van der Waals surface area contributed by atoms with E-state index in [4.69, 9.17) is 0 Å². The van der Waals surface area contributed by atoms with Gasteiger partial charge in [0.25, 0.3) is 0 Å². The fourth-order valence-corrected chi connectivity index (χ4v) is 1.57. The number of carbonyl (C=O) groups excluding carboxylic acids is 1. The molecular formula is C11H11NO. The summed E-state index contributed by atoms with van der Waals surface area (Å²) in [7, 11) is 1.76. The van der Waals surface area contributed by atoms with Crippen LogP contribution in [-0.2, 0) is 11.2 Å². The van der Waals surface area contributed by atoms with Gasteiger partial charge in [0.1, 0.15) is 0 Å². The Morgan fingerprint density at radius 2 is 2.08 bits per heavy atom. The molecule has 0 saturated carbocycles. The van der Waals surface area contributed by atoms with Crippen LogP contribution < -0.4 is 0 Å². The summed E-state index contributed by atoms with van der Waals surface area (Å²) in [5, 5.41) is 0. The van der Waals surface area contributed by atoms with Crippen molar-refractivity contribution in [2.24, 2.45) is 0 Å². The highest BCUT2D eigenvalue weighted by atomic mass is 16.2. The van der Waals surface area contributed by atoms with Gasteiger partial charge in [0.15, 0.2) is 0 Å². The van der Waals surface area contributed by atoms with Gasteiger partial charge in [0.2, 0.25) is 5.91 Å². The van der Waals surface area contributed by atoms with E-state index in [2.05, 4.69) is 6.58 Å². The standard InChI is InChI=1S/C11H11NO/c1-8-10-6-4-3-5-9(10)7-11(13)12(8)2/h3-6H,1,7H2,2H3. The largest absolute Gasteiger partial charge is 0.315 e. The van der Waals surface area contributed by atoms with Crippen molar-refractivity contribution < 1.29 is 4.79 Å². The molecule has 0 spiro atoms. The molecule has 0 unspecified atom stereocenters. The first-order chi connectivity index (χ1) is 6.20. The summed E-state index contributed by atoms with van der Waals surface area (Å²) in [5.74, 6) is 0.115. The van der Waals surface area contributed by atoms with Crippen LogP contribution in [0, 0.1) is 0 Å². The van der Waals surface area contributed by atoms with Crippen molar-refractivity contribution in [1.82, 2.24) is 4.90 Å². The number of benzene rings is 1. The number of hydrogen-bond donors (Lipinski definition) is 0. The number of fused-ring (bicyclic) bond motifs is 1. The summed E-state index contributed by atoms with van der Waals surface area (Å²) < 4.78 is 0. The smallest absolute Gasteiger partial charge is 0.231 e. The lowest BCUT2D eigenvalue weighted by Gasteiger charge is -2.27. The van der Waals surface area contributed by atoms with E-state index in [0.29, 0.717) is 6.42 Å². The average Bonchev–Trinajstić information content (AvgIpc) is 2.15. The van der Waals surface area contributed by atoms with Gasteiger partial charge in [-0.25, -0.2) is 0 Å². The molecule has 1 aromatic carbocycles. The van der Waals surface area contributed by atoms with E-state index in [1.807, 2.05) is 24.3 Å². The predicted octanol–water partition coefficient (Wildman–Crippen LogP) is 1.67. The third kappa shape index (κ3) is 1.15. The monoisotopic (exact) mass is 173 g/mol. The first-order valence-electron chi connectivity index (χ1n) is 4.24. The summed E-state index contributed by atoms with van der Waals surface area (Å²) in [6.45, 7) is 3.89. The zero-order valence-electron chi connectivity index (χ0n) is 7.58. The predicted molar refractivity (Wildman–Crippen MR) is 52.0 cm³/mol. The SMILES string of the molecule is C=C1c2ccccc2CC(=O)N1C. The third-order valence-electron chi connectivity index (χ3n) is 2.45. The Bertz CT molecular complexity index is 381. The van der Waals surface area contributed by atoms with E-state index in [9.17, 15) is 4.79 Å². The van der Waals surface area contributed by atoms with E-state index in [1.54, 1.807) is 11.9 Å². The number of rotatable bonds is 0. The Morgan fingerprint density at radius 1 is 1.38 bits per heavy atom. The highest BCUT2D eigenvalue weighted by Crippen LogP contribution is 2.26. The maximum Gasteiger partial charge on any atom is 0.231 e. The molecule has 1 aliphatic heterocycles. The summed E-state index contributed by atoms with van der Waals surface area (Å²) in [4.78, 5) is 13.0. The van der Waals surface area contributed by atoms with Crippen LogP contribution in [-0.4, -0.2) is 17.9 Å². The van der Waals surface area contributed by atoms with Crippen LogP contribution in [0.1, 0.15) is 11.1 Å². The third-order valence-corrected chi connectivity index (χ3v) is 2.45. The molecule has 0 aromatic heterocycles. The van der Waals surface area contributed by atoms with Crippen LogP contribution >= 0.6 is 0 Å². The Hall–Kier alpha value is -1.57. The van der Waals surface area contributed by atoms with Crippen molar-refractivity contribution in [1.29, 1.82) is 0 Å². The zero-order chi connectivity index (χ0) is 9.42. The van der Waals surface area contributed by atoms with Gasteiger partial charge in [-0.3, -0.25) is 4.79 Å². The molecule has 0 aliphatic carbocycles. The van der Waals surface area contributed by atoms with Gasteiger partial charge in [-0.2, -0.15) is 0 Å². The van der Waals surface area contributed by atoms with Crippen molar-refractivity contribution in [2.75, 3.05) is 7.05 Å². The van der Waals surface area contributed by atoms with Crippen molar-refractivity contribution >= 4 is 11.6 Å². The first-order valence-corrected chi connectivity index (χ1v) is 4.24. The number of nitrogens with zero attached hydrogens (tertiary/aromatic N) is 1. The van der Waals surface area contributed by atoms with Gasteiger partial charge in [0, 0.05) is 18.3 Å². The van der Waals surface area contributed by atoms with Gasteiger partial charge < -0.3 is 4.90 Å². The van der Waals surface area contributed by atoms with Crippen LogP contribution in [0.3, 0.4) is 0 Å². The van der Waals surface area contributed by atoms with Crippen LogP contribution in [0.15, 0.2) is 30.8 Å². The molecule has 1 amide bonds. The molecule has 2 heteroatoms. The molecular weight excluding hydrogens is 162 g/mol. The lowest BCUT2D eigenvalue weighted by molar-refractivity contribution is -0.126. The Kier molecular flexibility index (Phi) is 1.69. The molecule has 0 bridgehead atoms. The molecule has 0 fully saturated rings. The lowest BCUT2D eigenvalue weighted by atomic mass is 9.97. The van der Waals surface area contributed by atoms with Crippen molar-refractivity contribution in [2.45, 2.75) is 6.42 Å². The van der Waals surface area contributed by atoms with Crippen LogP contribution in [0.25, 0.3) is 5.70 Å². The second-order valence-corrected chi connectivity index (χ2v) is 3.23. The van der Waals surface area contributed by atoms with Gasteiger partial charge in [0.05, 0.1) is 6.42 Å². The van der Waals surface area contributed by atoms with E-state index >= 15 is 0 Å². The highest BCUT2D eigenvalue weighted by Gasteiger charge is 2.22. The quantitative estimate of drug-likeness (QED) is 0.584. The highest BCUT2D eigenvalue weighted by molar-refractivity contribution is 5.92. The van der Waals surface area contributed by atoms with Crippen LogP contribution in [0.5, 0.6) is 0 Å². The number of carbonyl (C=O) groups is 1. The fourth-order valence-electron chi connectivity index (χ4n) is 1.57. The average molecular weight is 173 g/mol. The molecule has 0 atom stereocenters. The molecule has 13 heavy (non-hydrogen) atoms. The van der Waals surface area contributed by atoms with E-state index in [0.717, 1.165) is 16.8 Å². The second kappa shape index (κ2) is 2.73. The normalized spacial score (nSPS) is 15.9. The minimum Gasteiger partial charge on any atom is -0.315 e. The van der Waals surface area contributed by atoms with Gasteiger partial charge >= 0.3 is 0 Å². The van der Waals surface area contributed by atoms with Crippen molar-refractivity contribution in [3.63, 3.8) is 0 Å². The fraction of sp³-hybridized carbons (Fsp3) is 0.182. The molecule has 1 heterocycles. The summed E-state index contributed by atoms with van der Waals surface area (Å²) in [6.07, 6.45) is 0.492. The molecule has 1 aromatic rings. The number of amides is 1. The van der Waals surface area contributed by atoms with E-state index < -0.39 is 0 Å². The number of hydrogen-bond acceptors (Lipinski definition) is 1. The Morgan fingerprint density at radius 3 is 2.85 bits per heavy atom. The Labute approximate surface area is 77.5 Å². The van der Waals surface area contributed by atoms with Crippen LogP contribution in [0.4, 0.5) is 0 Å². The maximum absolute atomic E-state index is 11.4. The molecule has 0 N–H and O–H groups in total. The summed E-state index contributed by atoms with van der Waals surface area (Å²) in [6, 6.07) is 7.89. The maximum atomic E-state index is 11.4. The zero-order valence-corrected chi connectivity index (χ0v) is 7.58. The summed E-state index contributed by atoms with van der Waals surface area (Å²) in [5.41, 5.74) is 2.96. The summed E-state index contributed by atoms with van der Waals surface area (Å²) >= 11 is 0.